The molecule has 34 heavy (non-hydrogen) atoms. The second kappa shape index (κ2) is 10.3. The number of urea groups is 1. The molecule has 0 spiro atoms. The minimum Gasteiger partial charge on any atom is -0.497 e. The zero-order valence-electron chi connectivity index (χ0n) is 17.8. The van der Waals surface area contributed by atoms with Crippen molar-refractivity contribution in [3.05, 3.63) is 94.1 Å². The summed E-state index contributed by atoms with van der Waals surface area (Å²) in [4.78, 5) is 30.4. The first kappa shape index (κ1) is 23.2. The van der Waals surface area contributed by atoms with Crippen molar-refractivity contribution in [1.82, 2.24) is 4.98 Å². The number of halogens is 2. The number of hydrogen-bond donors (Lipinski definition) is 3. The summed E-state index contributed by atoms with van der Waals surface area (Å²) >= 11 is 7.03. The van der Waals surface area contributed by atoms with E-state index < -0.39 is 11.8 Å². The van der Waals surface area contributed by atoms with E-state index in [1.54, 1.807) is 48.5 Å². The summed E-state index contributed by atoms with van der Waals surface area (Å²) in [7, 11) is 1.54. The van der Waals surface area contributed by atoms with Crippen LogP contribution in [0.5, 0.6) is 5.75 Å². The van der Waals surface area contributed by atoms with Crippen molar-refractivity contribution in [2.45, 2.75) is 0 Å². The van der Waals surface area contributed by atoms with E-state index in [1.165, 1.54) is 31.4 Å². The van der Waals surface area contributed by atoms with Gasteiger partial charge in [-0.15, -0.1) is 0 Å². The summed E-state index contributed by atoms with van der Waals surface area (Å²) in [6.45, 7) is 0. The highest BCUT2D eigenvalue weighted by Crippen LogP contribution is 2.32. The third-order valence-electron chi connectivity index (χ3n) is 4.62. The number of thiazole rings is 1. The van der Waals surface area contributed by atoms with Gasteiger partial charge in [-0.3, -0.25) is 10.1 Å². The van der Waals surface area contributed by atoms with Crippen LogP contribution in [0, 0.1) is 5.82 Å². The van der Waals surface area contributed by atoms with Gasteiger partial charge in [0.05, 0.1) is 7.11 Å². The molecule has 0 aliphatic rings. The second-order valence-corrected chi connectivity index (χ2v) is 8.41. The number of benzene rings is 3. The normalized spacial score (nSPS) is 10.4. The third kappa shape index (κ3) is 5.69. The minimum absolute atomic E-state index is 0.0851. The third-order valence-corrected chi connectivity index (χ3v) is 5.84. The molecule has 0 aliphatic carbocycles. The van der Waals surface area contributed by atoms with E-state index in [2.05, 4.69) is 20.9 Å². The fourth-order valence-electron chi connectivity index (χ4n) is 2.95. The van der Waals surface area contributed by atoms with Crippen molar-refractivity contribution < 1.29 is 18.7 Å². The number of aromatic nitrogens is 1. The van der Waals surface area contributed by atoms with Crippen LogP contribution in [0.2, 0.25) is 5.02 Å². The van der Waals surface area contributed by atoms with Crippen molar-refractivity contribution in [2.24, 2.45) is 0 Å². The van der Waals surface area contributed by atoms with Crippen molar-refractivity contribution in [2.75, 3.05) is 23.1 Å². The highest BCUT2D eigenvalue weighted by Gasteiger charge is 2.22. The molecule has 172 valence electrons. The summed E-state index contributed by atoms with van der Waals surface area (Å²) in [6, 6.07) is 18.3. The molecule has 0 saturated heterocycles. The van der Waals surface area contributed by atoms with Crippen molar-refractivity contribution >= 4 is 57.1 Å². The van der Waals surface area contributed by atoms with Crippen LogP contribution in [-0.2, 0) is 0 Å². The Morgan fingerprint density at radius 2 is 1.56 bits per heavy atom. The zero-order chi connectivity index (χ0) is 24.1. The number of rotatable bonds is 7. The number of methoxy groups -OCH3 is 1. The summed E-state index contributed by atoms with van der Waals surface area (Å²) < 4.78 is 18.3. The van der Waals surface area contributed by atoms with Gasteiger partial charge in [0.2, 0.25) is 5.78 Å². The smallest absolute Gasteiger partial charge is 0.324 e. The van der Waals surface area contributed by atoms with E-state index in [4.69, 9.17) is 16.3 Å². The lowest BCUT2D eigenvalue weighted by Crippen LogP contribution is -2.21. The maximum atomic E-state index is 13.2. The topological polar surface area (TPSA) is 92.3 Å². The van der Waals surface area contributed by atoms with E-state index in [0.29, 0.717) is 32.8 Å². The van der Waals surface area contributed by atoms with Crippen LogP contribution >= 0.6 is 22.9 Å². The van der Waals surface area contributed by atoms with Crippen LogP contribution in [0.1, 0.15) is 15.2 Å². The average molecular weight is 497 g/mol. The van der Waals surface area contributed by atoms with E-state index in [-0.39, 0.29) is 16.5 Å². The maximum Gasteiger partial charge on any atom is 0.324 e. The number of hydrogen-bond acceptors (Lipinski definition) is 6. The Morgan fingerprint density at radius 1 is 0.912 bits per heavy atom. The zero-order valence-corrected chi connectivity index (χ0v) is 19.3. The molecule has 1 aromatic heterocycles. The molecule has 0 aliphatic heterocycles. The molecule has 1 heterocycles. The van der Waals surface area contributed by atoms with Gasteiger partial charge in [-0.1, -0.05) is 22.9 Å². The number of nitrogens with zero attached hydrogens (tertiary/aromatic N) is 1. The molecular formula is C24H18ClFN4O3S. The summed E-state index contributed by atoms with van der Waals surface area (Å²) in [5, 5.41) is 9.29. The van der Waals surface area contributed by atoms with Gasteiger partial charge in [0.1, 0.15) is 16.4 Å². The number of anilines is 4. The molecule has 4 rings (SSSR count). The lowest BCUT2D eigenvalue weighted by atomic mass is 10.1. The average Bonchev–Trinajstić information content (AvgIpc) is 3.23. The molecule has 2 amide bonds. The lowest BCUT2D eigenvalue weighted by molar-refractivity contribution is 0.104. The first-order chi connectivity index (χ1) is 16.4. The van der Waals surface area contributed by atoms with Gasteiger partial charge in [0, 0.05) is 22.0 Å². The molecule has 3 aromatic carbocycles. The first-order valence-corrected chi connectivity index (χ1v) is 11.2. The largest absolute Gasteiger partial charge is 0.497 e. The van der Waals surface area contributed by atoms with Crippen LogP contribution in [-0.4, -0.2) is 23.9 Å². The Labute approximate surface area is 203 Å². The number of ether oxygens (including phenoxy) is 1. The van der Waals surface area contributed by atoms with Gasteiger partial charge in [-0.05, 0) is 72.8 Å². The van der Waals surface area contributed by atoms with Gasteiger partial charge in [0.15, 0.2) is 10.9 Å². The van der Waals surface area contributed by atoms with E-state index in [0.717, 1.165) is 11.3 Å². The van der Waals surface area contributed by atoms with Gasteiger partial charge in [0.25, 0.3) is 0 Å². The number of carbonyl (C=O) groups excluding carboxylic acids is 2. The standard InChI is InChI=1S/C24H18ClFN4O3S/c1-33-19-12-2-14(3-13-19)20(31)21-22(29-23(32)27-17-10-6-16(26)7-11-17)30-24(34-21)28-18-8-4-15(25)5-9-18/h2-13H,1H3,(H,28,30)(H2,27,29,32). The van der Waals surface area contributed by atoms with Crippen LogP contribution in [0.25, 0.3) is 0 Å². The lowest BCUT2D eigenvalue weighted by Gasteiger charge is -2.07. The Bertz CT molecular complexity index is 1310. The molecule has 0 radical (unpaired) electrons. The predicted molar refractivity (Wildman–Crippen MR) is 132 cm³/mol. The molecule has 7 nitrogen and oxygen atoms in total. The highest BCUT2D eigenvalue weighted by molar-refractivity contribution is 7.18. The molecule has 0 saturated carbocycles. The quantitative estimate of drug-likeness (QED) is 0.252. The number of ketones is 1. The summed E-state index contributed by atoms with van der Waals surface area (Å²) in [5.74, 6) is -0.0398. The molecule has 0 fully saturated rings. The van der Waals surface area contributed by atoms with Gasteiger partial charge in [-0.25, -0.2) is 14.2 Å². The molecule has 0 unspecified atom stereocenters. The van der Waals surface area contributed by atoms with Crippen LogP contribution < -0.4 is 20.7 Å². The summed E-state index contributed by atoms with van der Waals surface area (Å²) in [6.07, 6.45) is 0. The fourth-order valence-corrected chi connectivity index (χ4v) is 3.97. The molecule has 3 N–H and O–H groups in total. The van der Waals surface area contributed by atoms with Crippen LogP contribution in [0.3, 0.4) is 0 Å². The number of amides is 2. The van der Waals surface area contributed by atoms with Crippen molar-refractivity contribution in [3.63, 3.8) is 0 Å². The van der Waals surface area contributed by atoms with Gasteiger partial charge < -0.3 is 15.4 Å². The number of carbonyl (C=O) groups is 2. The Kier molecular flexibility index (Phi) is 7.05. The maximum absolute atomic E-state index is 13.2. The van der Waals surface area contributed by atoms with E-state index >= 15 is 0 Å². The first-order valence-electron chi connectivity index (χ1n) is 9.97. The fraction of sp³-hybridized carbons (Fsp3) is 0.0417. The molecule has 4 aromatic rings. The Balaban J connectivity index is 1.60. The van der Waals surface area contributed by atoms with Gasteiger partial charge >= 0.3 is 6.03 Å². The number of nitrogens with one attached hydrogen (secondary N) is 3. The van der Waals surface area contributed by atoms with E-state index in [9.17, 15) is 14.0 Å². The SMILES string of the molecule is COc1ccc(C(=O)c2sc(Nc3ccc(Cl)cc3)nc2NC(=O)Nc2ccc(F)cc2)cc1. The van der Waals surface area contributed by atoms with Crippen molar-refractivity contribution in [3.8, 4) is 5.75 Å². The molecule has 10 heteroatoms. The van der Waals surface area contributed by atoms with Crippen LogP contribution in [0.4, 0.5) is 31.5 Å². The molecule has 0 atom stereocenters. The van der Waals surface area contributed by atoms with Gasteiger partial charge in [-0.2, -0.15) is 0 Å². The van der Waals surface area contributed by atoms with Crippen LogP contribution in [0.15, 0.2) is 72.8 Å². The second-order valence-electron chi connectivity index (χ2n) is 6.97. The predicted octanol–water partition coefficient (Wildman–Crippen LogP) is 6.56. The highest BCUT2D eigenvalue weighted by atomic mass is 35.5. The Hall–Kier alpha value is -3.95. The molecular weight excluding hydrogens is 479 g/mol. The molecule has 0 bridgehead atoms. The summed E-state index contributed by atoms with van der Waals surface area (Å²) in [5.41, 5.74) is 1.50. The monoisotopic (exact) mass is 496 g/mol. The Morgan fingerprint density at radius 3 is 2.21 bits per heavy atom. The van der Waals surface area contributed by atoms with Crippen molar-refractivity contribution in [1.29, 1.82) is 0 Å². The minimum atomic E-state index is -0.626. The van der Waals surface area contributed by atoms with E-state index in [1.807, 2.05) is 0 Å².